The number of likely N-dealkylation sites (tertiary alicyclic amines) is 1. The van der Waals surface area contributed by atoms with E-state index in [1.807, 2.05) is 11.0 Å². The van der Waals surface area contributed by atoms with E-state index >= 15 is 0 Å². The molecule has 23 heavy (non-hydrogen) atoms. The molecule has 1 fully saturated rings. The maximum absolute atomic E-state index is 12.9. The molecule has 0 aromatic carbocycles. The standard InChI is InChI=1S/C17H19N3O3/c21-14-4-1-5-15-16(14)12(10-23-15)17(22)20-8-2-3-11(9-20)13-6-7-18-19-13/h6-7,10-11H,1-5,8-9H2,(H,18,19). The van der Waals surface area contributed by atoms with E-state index in [0.29, 0.717) is 29.9 Å². The van der Waals surface area contributed by atoms with Crippen LogP contribution in [0, 0.1) is 0 Å². The third-order valence-electron chi connectivity index (χ3n) is 4.85. The van der Waals surface area contributed by atoms with E-state index in [0.717, 1.165) is 37.9 Å². The molecule has 2 aromatic heterocycles. The number of nitrogens with zero attached hydrogens (tertiary/aromatic N) is 2. The first-order valence-corrected chi connectivity index (χ1v) is 8.16. The topological polar surface area (TPSA) is 79.2 Å². The van der Waals surface area contributed by atoms with Crippen LogP contribution in [0.3, 0.4) is 0 Å². The van der Waals surface area contributed by atoms with Gasteiger partial charge in [-0.1, -0.05) is 0 Å². The van der Waals surface area contributed by atoms with Gasteiger partial charge in [0.25, 0.3) is 5.91 Å². The fourth-order valence-corrected chi connectivity index (χ4v) is 3.66. The van der Waals surface area contributed by atoms with Crippen molar-refractivity contribution in [1.29, 1.82) is 0 Å². The van der Waals surface area contributed by atoms with Gasteiger partial charge in [0.1, 0.15) is 12.0 Å². The summed E-state index contributed by atoms with van der Waals surface area (Å²) in [5.74, 6) is 0.889. The summed E-state index contributed by atoms with van der Waals surface area (Å²) in [6.45, 7) is 1.37. The molecule has 0 spiro atoms. The van der Waals surface area contributed by atoms with Crippen LogP contribution in [0.25, 0.3) is 0 Å². The monoisotopic (exact) mass is 313 g/mol. The number of hydrogen-bond acceptors (Lipinski definition) is 4. The molecule has 1 aliphatic carbocycles. The molecule has 0 bridgehead atoms. The van der Waals surface area contributed by atoms with E-state index in [1.54, 1.807) is 6.20 Å². The van der Waals surface area contributed by atoms with E-state index in [1.165, 1.54) is 6.26 Å². The van der Waals surface area contributed by atoms with E-state index < -0.39 is 0 Å². The Labute approximate surface area is 133 Å². The molecule has 1 aliphatic heterocycles. The molecule has 2 aliphatic rings. The van der Waals surface area contributed by atoms with Gasteiger partial charge in [0.05, 0.1) is 11.1 Å². The van der Waals surface area contributed by atoms with Crippen molar-refractivity contribution in [2.24, 2.45) is 0 Å². The van der Waals surface area contributed by atoms with E-state index in [4.69, 9.17) is 4.42 Å². The number of nitrogens with one attached hydrogen (secondary N) is 1. The summed E-state index contributed by atoms with van der Waals surface area (Å²) in [5, 5.41) is 6.99. The van der Waals surface area contributed by atoms with Crippen LogP contribution < -0.4 is 0 Å². The minimum absolute atomic E-state index is 0.0328. The second kappa shape index (κ2) is 5.68. The maximum Gasteiger partial charge on any atom is 0.257 e. The van der Waals surface area contributed by atoms with Crippen LogP contribution >= 0.6 is 0 Å². The molecule has 0 saturated carbocycles. The van der Waals surface area contributed by atoms with Gasteiger partial charge in [-0.15, -0.1) is 0 Å². The van der Waals surface area contributed by atoms with Crippen molar-refractivity contribution in [3.8, 4) is 0 Å². The summed E-state index contributed by atoms with van der Waals surface area (Å²) in [5.41, 5.74) is 2.02. The van der Waals surface area contributed by atoms with Crippen LogP contribution in [0.5, 0.6) is 0 Å². The molecule has 1 unspecified atom stereocenters. The minimum atomic E-state index is -0.0885. The molecule has 1 amide bonds. The number of piperidine rings is 1. The fourth-order valence-electron chi connectivity index (χ4n) is 3.66. The first-order chi connectivity index (χ1) is 11.2. The summed E-state index contributed by atoms with van der Waals surface area (Å²) in [6.07, 6.45) is 7.24. The van der Waals surface area contributed by atoms with Crippen molar-refractivity contribution < 1.29 is 14.0 Å². The highest BCUT2D eigenvalue weighted by Gasteiger charge is 2.32. The average Bonchev–Trinajstić information content (AvgIpc) is 3.25. The first kappa shape index (κ1) is 14.2. The Morgan fingerprint density at radius 1 is 1.35 bits per heavy atom. The zero-order chi connectivity index (χ0) is 15.8. The van der Waals surface area contributed by atoms with Crippen molar-refractivity contribution in [3.05, 3.63) is 41.1 Å². The Morgan fingerprint density at radius 2 is 2.26 bits per heavy atom. The molecule has 1 N–H and O–H groups in total. The van der Waals surface area contributed by atoms with Crippen molar-refractivity contribution in [2.75, 3.05) is 13.1 Å². The number of aryl methyl sites for hydroxylation is 1. The predicted octanol–water partition coefficient (Wildman–Crippen LogP) is 2.54. The molecule has 0 radical (unpaired) electrons. The Hall–Kier alpha value is -2.37. The molecule has 2 aromatic rings. The van der Waals surface area contributed by atoms with E-state index in [9.17, 15) is 9.59 Å². The second-order valence-corrected chi connectivity index (χ2v) is 6.33. The summed E-state index contributed by atoms with van der Waals surface area (Å²) in [6, 6.07) is 1.96. The quantitative estimate of drug-likeness (QED) is 0.924. The lowest BCUT2D eigenvalue weighted by atomic mass is 9.92. The van der Waals surface area contributed by atoms with Crippen molar-refractivity contribution in [1.82, 2.24) is 15.1 Å². The number of carbonyl (C=O) groups excluding carboxylic acids is 2. The van der Waals surface area contributed by atoms with Gasteiger partial charge in [0.2, 0.25) is 0 Å². The van der Waals surface area contributed by atoms with Crippen molar-refractivity contribution in [2.45, 2.75) is 38.0 Å². The molecular weight excluding hydrogens is 294 g/mol. The van der Waals surface area contributed by atoms with Crippen molar-refractivity contribution >= 4 is 11.7 Å². The normalized spacial score (nSPS) is 21.3. The molecule has 1 atom stereocenters. The van der Waals surface area contributed by atoms with E-state index in [-0.39, 0.29) is 17.6 Å². The zero-order valence-electron chi connectivity index (χ0n) is 12.9. The number of Topliss-reactive ketones (excluding diaryl/α,β-unsaturated/α-hetero) is 1. The predicted molar refractivity (Wildman–Crippen MR) is 82.4 cm³/mol. The van der Waals surface area contributed by atoms with Crippen molar-refractivity contribution in [3.63, 3.8) is 0 Å². The largest absolute Gasteiger partial charge is 0.468 e. The third kappa shape index (κ3) is 2.48. The number of hydrogen-bond donors (Lipinski definition) is 1. The second-order valence-electron chi connectivity index (χ2n) is 6.33. The van der Waals surface area contributed by atoms with Gasteiger partial charge in [0, 0.05) is 43.7 Å². The highest BCUT2D eigenvalue weighted by Crippen LogP contribution is 2.30. The SMILES string of the molecule is O=C1CCCc2occ(C(=O)N3CCCC(c4ccn[nH]4)C3)c21. The summed E-state index contributed by atoms with van der Waals surface area (Å²) in [4.78, 5) is 26.9. The van der Waals surface area contributed by atoms with Crippen LogP contribution in [0.4, 0.5) is 0 Å². The average molecular weight is 313 g/mol. The molecule has 6 heteroatoms. The van der Waals surface area contributed by atoms with Crippen LogP contribution in [-0.4, -0.2) is 39.9 Å². The Bertz CT molecular complexity index is 732. The Morgan fingerprint density at radius 3 is 3.09 bits per heavy atom. The third-order valence-corrected chi connectivity index (χ3v) is 4.85. The highest BCUT2D eigenvalue weighted by molar-refractivity contribution is 6.09. The van der Waals surface area contributed by atoms with Gasteiger partial charge in [-0.3, -0.25) is 14.7 Å². The molecular formula is C17H19N3O3. The van der Waals surface area contributed by atoms with Crippen LogP contribution in [0.2, 0.25) is 0 Å². The summed E-state index contributed by atoms with van der Waals surface area (Å²) in [7, 11) is 0. The molecule has 6 nitrogen and oxygen atoms in total. The number of amides is 1. The van der Waals surface area contributed by atoms with Crippen LogP contribution in [0.15, 0.2) is 22.9 Å². The molecule has 4 rings (SSSR count). The molecule has 1 saturated heterocycles. The lowest BCUT2D eigenvalue weighted by molar-refractivity contribution is 0.0700. The number of aromatic amines is 1. The number of carbonyl (C=O) groups is 2. The summed E-state index contributed by atoms with van der Waals surface area (Å²) < 4.78 is 5.48. The van der Waals surface area contributed by atoms with Gasteiger partial charge in [-0.25, -0.2) is 0 Å². The highest BCUT2D eigenvalue weighted by atomic mass is 16.3. The Balaban J connectivity index is 1.57. The molecule has 3 heterocycles. The van der Waals surface area contributed by atoms with Gasteiger partial charge < -0.3 is 9.32 Å². The number of H-pyrrole nitrogens is 1. The maximum atomic E-state index is 12.9. The number of ketones is 1. The van der Waals surface area contributed by atoms with Gasteiger partial charge in [0.15, 0.2) is 5.78 Å². The molecule has 120 valence electrons. The van der Waals surface area contributed by atoms with Crippen LogP contribution in [0.1, 0.15) is 63.8 Å². The number of fused-ring (bicyclic) bond motifs is 1. The van der Waals surface area contributed by atoms with E-state index in [2.05, 4.69) is 10.2 Å². The number of aromatic nitrogens is 2. The van der Waals surface area contributed by atoms with Gasteiger partial charge in [-0.2, -0.15) is 5.10 Å². The zero-order valence-corrected chi connectivity index (χ0v) is 12.9. The smallest absolute Gasteiger partial charge is 0.257 e. The van der Waals surface area contributed by atoms with Crippen LogP contribution in [-0.2, 0) is 6.42 Å². The fraction of sp³-hybridized carbons (Fsp3) is 0.471. The Kier molecular flexibility index (Phi) is 3.52. The lowest BCUT2D eigenvalue weighted by Crippen LogP contribution is -2.39. The van der Waals surface area contributed by atoms with Gasteiger partial charge in [-0.05, 0) is 25.3 Å². The van der Waals surface area contributed by atoms with Gasteiger partial charge >= 0.3 is 0 Å². The number of rotatable bonds is 2. The number of furan rings is 1. The minimum Gasteiger partial charge on any atom is -0.468 e. The summed E-state index contributed by atoms with van der Waals surface area (Å²) >= 11 is 0. The lowest BCUT2D eigenvalue weighted by Gasteiger charge is -2.32. The first-order valence-electron chi connectivity index (χ1n) is 8.16.